The summed E-state index contributed by atoms with van der Waals surface area (Å²) in [6.07, 6.45) is 0.855. The molecular formula is C7H17NO2S. The molecule has 0 radical (unpaired) electrons. The molecule has 0 aliphatic heterocycles. The first kappa shape index (κ1) is 11.1. The molecule has 0 saturated carbocycles. The maximum atomic E-state index is 11.2. The SMILES string of the molecule is COCCCS(=O)C(C)CN. The maximum Gasteiger partial charge on any atom is 0.0471 e. The van der Waals surface area contributed by atoms with Gasteiger partial charge in [0.1, 0.15) is 0 Å². The average Bonchev–Trinajstić information content (AvgIpc) is 2.03. The Morgan fingerprint density at radius 2 is 2.27 bits per heavy atom. The summed E-state index contributed by atoms with van der Waals surface area (Å²) in [5.74, 6) is 0.701. The Balaban J connectivity index is 3.36. The zero-order valence-electron chi connectivity index (χ0n) is 7.21. The summed E-state index contributed by atoms with van der Waals surface area (Å²) in [5.41, 5.74) is 5.35. The van der Waals surface area contributed by atoms with Crippen molar-refractivity contribution in [1.29, 1.82) is 0 Å². The van der Waals surface area contributed by atoms with Crippen molar-refractivity contribution < 1.29 is 8.95 Å². The Labute approximate surface area is 70.8 Å². The number of hydrogen-bond acceptors (Lipinski definition) is 3. The van der Waals surface area contributed by atoms with Gasteiger partial charge in [-0.15, -0.1) is 0 Å². The van der Waals surface area contributed by atoms with Crippen LogP contribution in [0.1, 0.15) is 13.3 Å². The number of rotatable bonds is 6. The predicted octanol–water partition coefficient (Wildman–Crippen LogP) is 0.119. The second kappa shape index (κ2) is 6.76. The summed E-state index contributed by atoms with van der Waals surface area (Å²) in [6, 6.07) is 0. The molecule has 2 unspecified atom stereocenters. The molecule has 0 aliphatic rings. The van der Waals surface area contributed by atoms with Crippen molar-refractivity contribution in [3.8, 4) is 0 Å². The Morgan fingerprint density at radius 1 is 1.64 bits per heavy atom. The van der Waals surface area contributed by atoms with Crippen molar-refractivity contribution in [2.75, 3.05) is 26.0 Å². The minimum absolute atomic E-state index is 0.117. The normalized spacial score (nSPS) is 16.3. The van der Waals surface area contributed by atoms with Crippen LogP contribution < -0.4 is 5.73 Å². The molecule has 4 heteroatoms. The molecule has 0 aromatic rings. The van der Waals surface area contributed by atoms with Gasteiger partial charge in [-0.3, -0.25) is 4.21 Å². The van der Waals surface area contributed by atoms with E-state index in [9.17, 15) is 4.21 Å². The number of hydrogen-bond donors (Lipinski definition) is 1. The molecule has 3 nitrogen and oxygen atoms in total. The lowest BCUT2D eigenvalue weighted by atomic mass is 10.5. The molecule has 11 heavy (non-hydrogen) atoms. The molecule has 0 rings (SSSR count). The van der Waals surface area contributed by atoms with Gasteiger partial charge in [0.2, 0.25) is 0 Å². The minimum atomic E-state index is -0.771. The average molecular weight is 179 g/mol. The molecule has 0 aromatic carbocycles. The van der Waals surface area contributed by atoms with E-state index in [1.54, 1.807) is 7.11 Å². The van der Waals surface area contributed by atoms with Gasteiger partial charge in [-0.1, -0.05) is 0 Å². The van der Waals surface area contributed by atoms with Crippen LogP contribution in [-0.4, -0.2) is 35.5 Å². The first-order valence-corrected chi connectivity index (χ1v) is 5.16. The third kappa shape index (κ3) is 5.35. The predicted molar refractivity (Wildman–Crippen MR) is 48.0 cm³/mol. The Bertz CT molecular complexity index is 119. The molecule has 0 aliphatic carbocycles. The van der Waals surface area contributed by atoms with Gasteiger partial charge in [0.15, 0.2) is 0 Å². The summed E-state index contributed by atoms with van der Waals surface area (Å²) in [4.78, 5) is 0. The summed E-state index contributed by atoms with van der Waals surface area (Å²) >= 11 is 0. The van der Waals surface area contributed by atoms with E-state index in [4.69, 9.17) is 10.5 Å². The molecule has 68 valence electrons. The van der Waals surface area contributed by atoms with Gasteiger partial charge in [-0.25, -0.2) is 0 Å². The molecule has 0 heterocycles. The lowest BCUT2D eigenvalue weighted by Crippen LogP contribution is -2.23. The monoisotopic (exact) mass is 179 g/mol. The Kier molecular flexibility index (Phi) is 6.80. The molecule has 2 atom stereocenters. The van der Waals surface area contributed by atoms with Crippen LogP contribution >= 0.6 is 0 Å². The molecule has 0 saturated heterocycles. The zero-order chi connectivity index (χ0) is 8.69. The van der Waals surface area contributed by atoms with Crippen LogP contribution in [0.2, 0.25) is 0 Å². The summed E-state index contributed by atoms with van der Waals surface area (Å²) < 4.78 is 16.1. The van der Waals surface area contributed by atoms with E-state index in [1.165, 1.54) is 0 Å². The van der Waals surface area contributed by atoms with Crippen molar-refractivity contribution in [3.05, 3.63) is 0 Å². The Morgan fingerprint density at radius 3 is 2.73 bits per heavy atom. The highest BCUT2D eigenvalue weighted by atomic mass is 32.2. The molecular weight excluding hydrogens is 162 g/mol. The van der Waals surface area contributed by atoms with E-state index >= 15 is 0 Å². The highest BCUT2D eigenvalue weighted by Crippen LogP contribution is 1.96. The van der Waals surface area contributed by atoms with Crippen molar-refractivity contribution in [2.45, 2.75) is 18.6 Å². The van der Waals surface area contributed by atoms with E-state index in [2.05, 4.69) is 0 Å². The number of nitrogens with two attached hydrogens (primary N) is 1. The minimum Gasteiger partial charge on any atom is -0.385 e. The van der Waals surface area contributed by atoms with Gasteiger partial charge in [0, 0.05) is 42.1 Å². The highest BCUT2D eigenvalue weighted by Gasteiger charge is 2.07. The number of ether oxygens (including phenoxy) is 1. The second-order valence-electron chi connectivity index (χ2n) is 2.48. The van der Waals surface area contributed by atoms with Gasteiger partial charge < -0.3 is 10.5 Å². The van der Waals surface area contributed by atoms with E-state index in [0.29, 0.717) is 18.9 Å². The second-order valence-corrected chi connectivity index (χ2v) is 4.45. The van der Waals surface area contributed by atoms with E-state index in [-0.39, 0.29) is 5.25 Å². The fraction of sp³-hybridized carbons (Fsp3) is 1.00. The van der Waals surface area contributed by atoms with Crippen LogP contribution in [-0.2, 0) is 15.5 Å². The molecule has 0 amide bonds. The number of methoxy groups -OCH3 is 1. The maximum absolute atomic E-state index is 11.2. The summed E-state index contributed by atoms with van der Waals surface area (Å²) in [7, 11) is 0.877. The van der Waals surface area contributed by atoms with Crippen molar-refractivity contribution in [1.82, 2.24) is 0 Å². The van der Waals surface area contributed by atoms with Crippen molar-refractivity contribution in [2.24, 2.45) is 5.73 Å². The van der Waals surface area contributed by atoms with Crippen molar-refractivity contribution in [3.63, 3.8) is 0 Å². The molecule has 0 bridgehead atoms. The van der Waals surface area contributed by atoms with E-state index < -0.39 is 10.8 Å². The highest BCUT2D eigenvalue weighted by molar-refractivity contribution is 7.85. The molecule has 0 spiro atoms. The van der Waals surface area contributed by atoms with Gasteiger partial charge in [0.25, 0.3) is 0 Å². The van der Waals surface area contributed by atoms with Gasteiger partial charge in [-0.05, 0) is 13.3 Å². The first-order chi connectivity index (χ1) is 5.22. The summed E-state index contributed by atoms with van der Waals surface area (Å²) in [6.45, 7) is 3.09. The Hall–Kier alpha value is 0.0700. The van der Waals surface area contributed by atoms with Crippen LogP contribution in [0.5, 0.6) is 0 Å². The molecule has 0 aromatic heterocycles. The fourth-order valence-corrected chi connectivity index (χ4v) is 1.67. The third-order valence-electron chi connectivity index (χ3n) is 1.47. The van der Waals surface area contributed by atoms with E-state index in [1.807, 2.05) is 6.92 Å². The molecule has 2 N–H and O–H groups in total. The largest absolute Gasteiger partial charge is 0.385 e. The fourth-order valence-electron chi connectivity index (χ4n) is 0.654. The van der Waals surface area contributed by atoms with E-state index in [0.717, 1.165) is 6.42 Å². The zero-order valence-corrected chi connectivity index (χ0v) is 8.02. The van der Waals surface area contributed by atoms with Crippen LogP contribution in [0, 0.1) is 0 Å². The van der Waals surface area contributed by atoms with Crippen LogP contribution in [0.15, 0.2) is 0 Å². The quantitative estimate of drug-likeness (QED) is 0.589. The van der Waals surface area contributed by atoms with Crippen LogP contribution in [0.4, 0.5) is 0 Å². The summed E-state index contributed by atoms with van der Waals surface area (Å²) in [5, 5.41) is 0.117. The first-order valence-electron chi connectivity index (χ1n) is 3.78. The third-order valence-corrected chi connectivity index (χ3v) is 3.26. The lowest BCUT2D eigenvalue weighted by Gasteiger charge is -2.07. The van der Waals surface area contributed by atoms with Crippen LogP contribution in [0.25, 0.3) is 0 Å². The standard InChI is InChI=1S/C7H17NO2S/c1-7(6-8)11(9)5-3-4-10-2/h7H,3-6,8H2,1-2H3. The smallest absolute Gasteiger partial charge is 0.0471 e. The van der Waals surface area contributed by atoms with Gasteiger partial charge >= 0.3 is 0 Å². The lowest BCUT2D eigenvalue weighted by molar-refractivity contribution is 0.200. The molecule has 0 fully saturated rings. The van der Waals surface area contributed by atoms with Gasteiger partial charge in [-0.2, -0.15) is 0 Å². The topological polar surface area (TPSA) is 52.3 Å². The van der Waals surface area contributed by atoms with Crippen molar-refractivity contribution >= 4 is 10.8 Å². The van der Waals surface area contributed by atoms with Crippen LogP contribution in [0.3, 0.4) is 0 Å². The van der Waals surface area contributed by atoms with Gasteiger partial charge in [0.05, 0.1) is 0 Å².